The van der Waals surface area contributed by atoms with E-state index >= 15 is 0 Å². The fourth-order valence-corrected chi connectivity index (χ4v) is 2.38. The van der Waals surface area contributed by atoms with Crippen molar-refractivity contribution in [3.63, 3.8) is 0 Å². The predicted octanol–water partition coefficient (Wildman–Crippen LogP) is 2.98. The van der Waals surface area contributed by atoms with Crippen molar-refractivity contribution in [2.24, 2.45) is 7.05 Å². The second-order valence-corrected chi connectivity index (χ2v) is 4.73. The highest BCUT2D eigenvalue weighted by atomic mass is 19.1. The molecule has 3 nitrogen and oxygen atoms in total. The predicted molar refractivity (Wildman–Crippen MR) is 74.3 cm³/mol. The van der Waals surface area contributed by atoms with Crippen LogP contribution in [-0.4, -0.2) is 16.3 Å². The lowest BCUT2D eigenvalue weighted by molar-refractivity contribution is 0.450. The SMILES string of the molecule is CCNC(CCc1ccnn1C)c1c(F)cccc1F. The zero-order chi connectivity index (χ0) is 14.5. The third-order valence-corrected chi connectivity index (χ3v) is 3.41. The first-order valence-corrected chi connectivity index (χ1v) is 6.77. The number of hydrogen-bond acceptors (Lipinski definition) is 2. The highest BCUT2D eigenvalue weighted by Crippen LogP contribution is 2.24. The number of nitrogens with zero attached hydrogens (tertiary/aromatic N) is 2. The van der Waals surface area contributed by atoms with Crippen molar-refractivity contribution in [2.45, 2.75) is 25.8 Å². The Balaban J connectivity index is 2.17. The molecule has 108 valence electrons. The summed E-state index contributed by atoms with van der Waals surface area (Å²) in [6.07, 6.45) is 3.05. The van der Waals surface area contributed by atoms with Crippen molar-refractivity contribution in [3.05, 3.63) is 53.4 Å². The molecule has 0 aliphatic heterocycles. The third kappa shape index (κ3) is 3.22. The Morgan fingerprint density at radius 2 is 1.95 bits per heavy atom. The minimum Gasteiger partial charge on any atom is -0.310 e. The first-order chi connectivity index (χ1) is 9.63. The number of hydrogen-bond donors (Lipinski definition) is 1. The number of rotatable bonds is 6. The smallest absolute Gasteiger partial charge is 0.130 e. The lowest BCUT2D eigenvalue weighted by atomic mass is 9.99. The standard InChI is InChI=1S/C15H19F2N3/c1-3-18-14(8-7-11-9-10-19-20(11)2)15-12(16)5-4-6-13(15)17/h4-6,9-10,14,18H,3,7-8H2,1-2H3. The van der Waals surface area contributed by atoms with Gasteiger partial charge in [-0.05, 0) is 37.6 Å². The number of aryl methyl sites for hydroxylation is 2. The van der Waals surface area contributed by atoms with E-state index in [0.29, 0.717) is 19.4 Å². The second-order valence-electron chi connectivity index (χ2n) is 4.73. The van der Waals surface area contributed by atoms with Crippen molar-refractivity contribution in [1.29, 1.82) is 0 Å². The number of nitrogens with one attached hydrogen (secondary N) is 1. The van der Waals surface area contributed by atoms with E-state index < -0.39 is 11.6 Å². The van der Waals surface area contributed by atoms with Crippen LogP contribution in [0.25, 0.3) is 0 Å². The van der Waals surface area contributed by atoms with Gasteiger partial charge in [0.05, 0.1) is 0 Å². The Morgan fingerprint density at radius 1 is 1.25 bits per heavy atom. The van der Waals surface area contributed by atoms with Crippen LogP contribution >= 0.6 is 0 Å². The van der Waals surface area contributed by atoms with E-state index in [4.69, 9.17) is 0 Å². The summed E-state index contributed by atoms with van der Waals surface area (Å²) in [5.41, 5.74) is 1.17. The Morgan fingerprint density at radius 3 is 2.50 bits per heavy atom. The van der Waals surface area contributed by atoms with E-state index in [2.05, 4.69) is 10.4 Å². The van der Waals surface area contributed by atoms with Crippen molar-refractivity contribution < 1.29 is 8.78 Å². The minimum absolute atomic E-state index is 0.122. The second kappa shape index (κ2) is 6.61. The molecule has 0 spiro atoms. The molecule has 0 saturated carbocycles. The summed E-state index contributed by atoms with van der Waals surface area (Å²) in [6, 6.07) is 5.56. The zero-order valence-corrected chi connectivity index (χ0v) is 11.7. The lowest BCUT2D eigenvalue weighted by Crippen LogP contribution is -2.24. The average Bonchev–Trinajstić information content (AvgIpc) is 2.81. The molecule has 5 heteroatoms. The van der Waals surface area contributed by atoms with Crippen molar-refractivity contribution >= 4 is 0 Å². The van der Waals surface area contributed by atoms with Crippen molar-refractivity contribution in [1.82, 2.24) is 15.1 Å². The van der Waals surface area contributed by atoms with E-state index in [9.17, 15) is 8.78 Å². The molecule has 1 unspecified atom stereocenters. The van der Waals surface area contributed by atoms with Gasteiger partial charge < -0.3 is 5.32 Å². The van der Waals surface area contributed by atoms with Gasteiger partial charge in [-0.2, -0.15) is 5.10 Å². The molecule has 0 fully saturated rings. The molecule has 0 bridgehead atoms. The normalized spacial score (nSPS) is 12.6. The summed E-state index contributed by atoms with van der Waals surface area (Å²) in [6.45, 7) is 2.58. The van der Waals surface area contributed by atoms with Gasteiger partial charge in [0, 0.05) is 30.5 Å². The minimum atomic E-state index is -0.499. The quantitative estimate of drug-likeness (QED) is 0.881. The lowest BCUT2D eigenvalue weighted by Gasteiger charge is -2.19. The third-order valence-electron chi connectivity index (χ3n) is 3.41. The summed E-state index contributed by atoms with van der Waals surface area (Å²) in [4.78, 5) is 0. The Kier molecular flexibility index (Phi) is 4.84. The maximum absolute atomic E-state index is 13.9. The van der Waals surface area contributed by atoms with Crippen LogP contribution in [0.3, 0.4) is 0 Å². The molecule has 0 aliphatic rings. The van der Waals surface area contributed by atoms with Crippen LogP contribution in [0.2, 0.25) is 0 Å². The molecular formula is C15H19F2N3. The molecule has 0 amide bonds. The molecule has 1 N–H and O–H groups in total. The molecule has 2 aromatic rings. The van der Waals surface area contributed by atoms with Crippen LogP contribution in [0.1, 0.15) is 30.6 Å². The summed E-state index contributed by atoms with van der Waals surface area (Å²) in [5.74, 6) is -0.998. The van der Waals surface area contributed by atoms with Gasteiger partial charge in [-0.15, -0.1) is 0 Å². The highest BCUT2D eigenvalue weighted by molar-refractivity contribution is 5.23. The Labute approximate surface area is 117 Å². The maximum Gasteiger partial charge on any atom is 0.130 e. The van der Waals surface area contributed by atoms with Crippen LogP contribution in [0, 0.1) is 11.6 Å². The first-order valence-electron chi connectivity index (χ1n) is 6.77. The van der Waals surface area contributed by atoms with Gasteiger partial charge >= 0.3 is 0 Å². The van der Waals surface area contributed by atoms with E-state index in [1.807, 2.05) is 20.0 Å². The number of benzene rings is 1. The van der Waals surface area contributed by atoms with Crippen molar-refractivity contribution in [3.8, 4) is 0 Å². The van der Waals surface area contributed by atoms with E-state index in [1.165, 1.54) is 18.2 Å². The Hall–Kier alpha value is -1.75. The van der Waals surface area contributed by atoms with Gasteiger partial charge in [-0.25, -0.2) is 8.78 Å². The molecule has 1 aromatic carbocycles. The van der Waals surface area contributed by atoms with Gasteiger partial charge in [0.25, 0.3) is 0 Å². The Bertz CT molecular complexity index is 546. The van der Waals surface area contributed by atoms with E-state index in [1.54, 1.807) is 10.9 Å². The molecule has 0 saturated heterocycles. The van der Waals surface area contributed by atoms with Crippen LogP contribution in [0.5, 0.6) is 0 Å². The van der Waals surface area contributed by atoms with Gasteiger partial charge in [-0.1, -0.05) is 13.0 Å². The van der Waals surface area contributed by atoms with Crippen LogP contribution in [-0.2, 0) is 13.5 Å². The molecule has 0 aliphatic carbocycles. The first kappa shape index (κ1) is 14.7. The van der Waals surface area contributed by atoms with Crippen LogP contribution < -0.4 is 5.32 Å². The number of halogens is 2. The summed E-state index contributed by atoms with van der Waals surface area (Å²) >= 11 is 0. The topological polar surface area (TPSA) is 29.9 Å². The fraction of sp³-hybridized carbons (Fsp3) is 0.400. The zero-order valence-electron chi connectivity index (χ0n) is 11.7. The average molecular weight is 279 g/mol. The van der Waals surface area contributed by atoms with Gasteiger partial charge in [0.1, 0.15) is 11.6 Å². The van der Waals surface area contributed by atoms with E-state index in [0.717, 1.165) is 5.69 Å². The molecule has 1 aromatic heterocycles. The summed E-state index contributed by atoms with van der Waals surface area (Å²) in [5, 5.41) is 7.25. The number of aromatic nitrogens is 2. The maximum atomic E-state index is 13.9. The van der Waals surface area contributed by atoms with Gasteiger partial charge in [0.15, 0.2) is 0 Å². The van der Waals surface area contributed by atoms with Crippen LogP contribution in [0.15, 0.2) is 30.5 Å². The largest absolute Gasteiger partial charge is 0.310 e. The summed E-state index contributed by atoms with van der Waals surface area (Å²) < 4.78 is 29.5. The monoisotopic (exact) mass is 279 g/mol. The van der Waals surface area contributed by atoms with Gasteiger partial charge in [-0.3, -0.25) is 4.68 Å². The molecular weight excluding hydrogens is 260 g/mol. The molecule has 0 radical (unpaired) electrons. The fourth-order valence-electron chi connectivity index (χ4n) is 2.38. The molecule has 20 heavy (non-hydrogen) atoms. The molecule has 1 heterocycles. The van der Waals surface area contributed by atoms with Gasteiger partial charge in [0.2, 0.25) is 0 Å². The molecule has 1 atom stereocenters. The van der Waals surface area contributed by atoms with Crippen LogP contribution in [0.4, 0.5) is 8.78 Å². The van der Waals surface area contributed by atoms with Crippen molar-refractivity contribution in [2.75, 3.05) is 6.54 Å². The molecule has 2 rings (SSSR count). The highest BCUT2D eigenvalue weighted by Gasteiger charge is 2.19. The summed E-state index contributed by atoms with van der Waals surface area (Å²) in [7, 11) is 1.86. The van der Waals surface area contributed by atoms with E-state index in [-0.39, 0.29) is 11.6 Å².